The van der Waals surface area contributed by atoms with E-state index in [1.807, 2.05) is 6.07 Å². The Morgan fingerprint density at radius 1 is 1.30 bits per heavy atom. The predicted molar refractivity (Wildman–Crippen MR) is 97.1 cm³/mol. The molecule has 4 heterocycles. The number of hydrogen-bond acceptors (Lipinski definition) is 5. The maximum Gasteiger partial charge on any atom is 0.308 e. The second kappa shape index (κ2) is 4.69. The first-order chi connectivity index (χ1) is 13.1. The maximum absolute atomic E-state index is 11.6. The summed E-state index contributed by atoms with van der Waals surface area (Å²) in [6.07, 6.45) is 7.40. The normalized spacial score (nSPS) is 42.8. The van der Waals surface area contributed by atoms with Crippen molar-refractivity contribution >= 4 is 5.97 Å². The van der Waals surface area contributed by atoms with E-state index in [0.29, 0.717) is 11.8 Å². The number of nitrogens with zero attached hydrogens (tertiary/aromatic N) is 1. The van der Waals surface area contributed by atoms with Gasteiger partial charge in [-0.2, -0.15) is 0 Å². The van der Waals surface area contributed by atoms with Crippen molar-refractivity contribution in [2.45, 2.75) is 74.7 Å². The Bertz CT molecular complexity index is 879. The van der Waals surface area contributed by atoms with Crippen molar-refractivity contribution < 1.29 is 19.0 Å². The second-order valence-electron chi connectivity index (χ2n) is 9.52. The summed E-state index contributed by atoms with van der Waals surface area (Å²) >= 11 is 0. The monoisotopic (exact) mass is 367 g/mol. The van der Waals surface area contributed by atoms with Crippen molar-refractivity contribution in [2.75, 3.05) is 13.1 Å². The second-order valence-corrected chi connectivity index (χ2v) is 9.52. The third kappa shape index (κ3) is 1.64. The average Bonchev–Trinajstić information content (AvgIpc) is 3.12. The van der Waals surface area contributed by atoms with E-state index in [1.165, 1.54) is 37.4 Å². The van der Waals surface area contributed by atoms with Gasteiger partial charge in [0.15, 0.2) is 11.5 Å². The number of hydrogen-bond donors (Lipinski definition) is 0. The lowest BCUT2D eigenvalue weighted by atomic mass is 9.51. The number of fused-ring (bicyclic) bond motifs is 2. The fourth-order valence-electron chi connectivity index (χ4n) is 7.26. The number of carbonyl (C=O) groups is 1. The van der Waals surface area contributed by atoms with Crippen LogP contribution in [0.25, 0.3) is 0 Å². The van der Waals surface area contributed by atoms with E-state index in [2.05, 4.69) is 11.0 Å². The van der Waals surface area contributed by atoms with Gasteiger partial charge in [0.1, 0.15) is 6.10 Å². The van der Waals surface area contributed by atoms with Gasteiger partial charge in [-0.3, -0.25) is 9.69 Å². The van der Waals surface area contributed by atoms with Crippen LogP contribution in [0.15, 0.2) is 12.1 Å². The van der Waals surface area contributed by atoms with Crippen LogP contribution < -0.4 is 9.47 Å². The van der Waals surface area contributed by atoms with Gasteiger partial charge in [0.25, 0.3) is 0 Å². The summed E-state index contributed by atoms with van der Waals surface area (Å²) < 4.78 is 18.9. The molecule has 5 nitrogen and oxygen atoms in total. The molecule has 27 heavy (non-hydrogen) atoms. The highest BCUT2D eigenvalue weighted by Crippen LogP contribution is 2.71. The van der Waals surface area contributed by atoms with E-state index in [4.69, 9.17) is 14.2 Å². The van der Waals surface area contributed by atoms with E-state index < -0.39 is 0 Å². The predicted octanol–water partition coefficient (Wildman–Crippen LogP) is 2.58. The number of carbonyl (C=O) groups excluding carboxylic acids is 1. The van der Waals surface area contributed by atoms with Crippen molar-refractivity contribution in [1.29, 1.82) is 0 Å². The van der Waals surface area contributed by atoms with Crippen LogP contribution in [-0.2, 0) is 21.4 Å². The first kappa shape index (κ1) is 15.3. The highest BCUT2D eigenvalue weighted by molar-refractivity contribution is 5.73. The summed E-state index contributed by atoms with van der Waals surface area (Å²) in [5.41, 5.74) is 2.55. The Morgan fingerprint density at radius 2 is 2.19 bits per heavy atom. The molecule has 0 N–H and O–H groups in total. The largest absolute Gasteiger partial charge is 0.482 e. The number of ether oxygens (including phenoxy) is 3. The number of benzene rings is 1. The van der Waals surface area contributed by atoms with Gasteiger partial charge in [-0.15, -0.1) is 0 Å². The molecule has 0 amide bonds. The highest BCUT2D eigenvalue weighted by Gasteiger charge is 2.79. The van der Waals surface area contributed by atoms with E-state index in [9.17, 15) is 4.79 Å². The van der Waals surface area contributed by atoms with E-state index in [0.717, 1.165) is 43.9 Å². The molecule has 0 unspecified atom stereocenters. The van der Waals surface area contributed by atoms with Crippen molar-refractivity contribution in [2.24, 2.45) is 5.92 Å². The molecule has 4 bridgehead atoms. The highest BCUT2D eigenvalue weighted by atomic mass is 16.6. The third-order valence-corrected chi connectivity index (χ3v) is 8.27. The lowest BCUT2D eigenvalue weighted by molar-refractivity contribution is -0.132. The van der Waals surface area contributed by atoms with Crippen LogP contribution in [0, 0.1) is 5.92 Å². The smallest absolute Gasteiger partial charge is 0.308 e. The van der Waals surface area contributed by atoms with Gasteiger partial charge in [-0.05, 0) is 62.6 Å². The van der Waals surface area contributed by atoms with Gasteiger partial charge in [-0.25, -0.2) is 0 Å². The summed E-state index contributed by atoms with van der Waals surface area (Å²) in [5, 5.41) is 0. The standard InChI is InChI=1S/C22H25NO4/c1-12(24)25-15-5-4-14-10-17-22-7-6-16(27-22)20-21(22,18(14)19(15)26-20)8-9-23(17)11-13-2-3-13/h4-5,13,16-17,20H,2-3,6-11H2,1H3/t16-,17+,20-,21-,22-/m0/s1. The van der Waals surface area contributed by atoms with Crippen molar-refractivity contribution in [3.8, 4) is 11.5 Å². The van der Waals surface area contributed by atoms with E-state index in [1.54, 1.807) is 0 Å². The quantitative estimate of drug-likeness (QED) is 0.607. The van der Waals surface area contributed by atoms with Gasteiger partial charge in [0.05, 0.1) is 17.1 Å². The van der Waals surface area contributed by atoms with E-state index in [-0.39, 0.29) is 29.2 Å². The Balaban J connectivity index is 1.42. The van der Waals surface area contributed by atoms with Crippen LogP contribution in [0.4, 0.5) is 0 Å². The van der Waals surface area contributed by atoms with Gasteiger partial charge < -0.3 is 14.2 Å². The molecule has 2 aliphatic carbocycles. The van der Waals surface area contributed by atoms with Gasteiger partial charge in [-0.1, -0.05) is 6.07 Å². The summed E-state index contributed by atoms with van der Waals surface area (Å²) in [6.45, 7) is 3.83. The molecule has 4 fully saturated rings. The lowest BCUT2D eigenvalue weighted by Crippen LogP contribution is -2.71. The van der Waals surface area contributed by atoms with Gasteiger partial charge in [0.2, 0.25) is 0 Å². The number of rotatable bonds is 3. The Hall–Kier alpha value is -1.59. The fourth-order valence-corrected chi connectivity index (χ4v) is 7.26. The Labute approximate surface area is 158 Å². The molecule has 4 aliphatic heterocycles. The van der Waals surface area contributed by atoms with Crippen LogP contribution in [0.2, 0.25) is 0 Å². The molecule has 2 spiro atoms. The van der Waals surface area contributed by atoms with Crippen molar-refractivity contribution in [3.05, 3.63) is 23.3 Å². The minimum absolute atomic E-state index is 0.0420. The number of likely N-dealkylation sites (tertiary alicyclic amines) is 1. The molecule has 3 saturated heterocycles. The molecule has 5 heteroatoms. The lowest BCUT2D eigenvalue weighted by Gasteiger charge is -2.59. The first-order valence-electron chi connectivity index (χ1n) is 10.6. The molecule has 1 aromatic rings. The van der Waals surface area contributed by atoms with Crippen molar-refractivity contribution in [3.63, 3.8) is 0 Å². The SMILES string of the molecule is CC(=O)Oc1ccc2c3c1O[C@H]1[C@@H]4CC[C@]5(O4)[C@@H](C2)N(CC2CC2)CC[C@]315. The average molecular weight is 367 g/mol. The molecular weight excluding hydrogens is 342 g/mol. The van der Waals surface area contributed by atoms with Crippen LogP contribution in [0.5, 0.6) is 11.5 Å². The molecular formula is C22H25NO4. The summed E-state index contributed by atoms with van der Waals surface area (Å²) in [4.78, 5) is 14.4. The van der Waals surface area contributed by atoms with Gasteiger partial charge in [0, 0.05) is 25.1 Å². The van der Waals surface area contributed by atoms with Gasteiger partial charge >= 0.3 is 5.97 Å². The summed E-state index contributed by atoms with van der Waals surface area (Å²) in [5.74, 6) is 2.04. The number of esters is 1. The topological polar surface area (TPSA) is 48.0 Å². The van der Waals surface area contributed by atoms with Crippen molar-refractivity contribution in [1.82, 2.24) is 4.90 Å². The zero-order valence-corrected chi connectivity index (χ0v) is 15.7. The number of piperidine rings is 1. The Morgan fingerprint density at radius 3 is 3.00 bits per heavy atom. The van der Waals surface area contributed by atoms with E-state index >= 15 is 0 Å². The minimum atomic E-state index is -0.286. The summed E-state index contributed by atoms with van der Waals surface area (Å²) in [7, 11) is 0. The zero-order valence-electron chi connectivity index (χ0n) is 15.7. The Kier molecular flexibility index (Phi) is 2.67. The molecule has 1 aromatic carbocycles. The summed E-state index contributed by atoms with van der Waals surface area (Å²) in [6, 6.07) is 4.58. The van der Waals surface area contributed by atoms with Crippen LogP contribution >= 0.6 is 0 Å². The molecule has 1 saturated carbocycles. The molecule has 5 atom stereocenters. The van der Waals surface area contributed by atoms with Crippen LogP contribution in [0.3, 0.4) is 0 Å². The molecule has 0 radical (unpaired) electrons. The minimum Gasteiger partial charge on any atom is -0.482 e. The maximum atomic E-state index is 11.6. The molecule has 0 aromatic heterocycles. The molecule has 142 valence electrons. The fraction of sp³-hybridized carbons (Fsp3) is 0.682. The van der Waals surface area contributed by atoms with Crippen LogP contribution in [-0.4, -0.2) is 47.8 Å². The molecule has 6 aliphatic rings. The first-order valence-corrected chi connectivity index (χ1v) is 10.6. The molecule has 7 rings (SSSR count). The van der Waals surface area contributed by atoms with Crippen LogP contribution in [0.1, 0.15) is 50.2 Å². The zero-order chi connectivity index (χ0) is 18.0. The third-order valence-electron chi connectivity index (χ3n) is 8.27.